The maximum atomic E-state index is 14.3. The molecule has 0 spiro atoms. The Morgan fingerprint density at radius 2 is 0.731 bits per heavy atom. The standard InChI is InChI=1S/C21H21O4Si/c1-23-16-4-10-19(11-5-16)26(22,20-12-6-17(24-2)7-13-20)21-14-8-18(25-3)9-15-21/h4-15H,1-3H3. The van der Waals surface area contributed by atoms with E-state index in [1.165, 1.54) is 0 Å². The summed E-state index contributed by atoms with van der Waals surface area (Å²) in [4.78, 5) is 14.3. The van der Waals surface area contributed by atoms with Crippen LogP contribution in [0.1, 0.15) is 0 Å². The first kappa shape index (κ1) is 18.0. The van der Waals surface area contributed by atoms with Gasteiger partial charge in [-0.25, -0.2) is 0 Å². The summed E-state index contributed by atoms with van der Waals surface area (Å²) in [7, 11) is 1.44. The third-order valence-electron chi connectivity index (χ3n) is 4.49. The van der Waals surface area contributed by atoms with Crippen molar-refractivity contribution in [3.8, 4) is 17.2 Å². The molecular formula is C21H21O4Si. The maximum Gasteiger partial charge on any atom is 0.329 e. The second-order valence-corrected chi connectivity index (χ2v) is 8.96. The third-order valence-corrected chi connectivity index (χ3v) is 7.93. The fourth-order valence-electron chi connectivity index (χ4n) is 2.98. The molecule has 0 aliphatic heterocycles. The summed E-state index contributed by atoms with van der Waals surface area (Å²) in [6.45, 7) is 0. The van der Waals surface area contributed by atoms with Gasteiger partial charge in [0.15, 0.2) is 0 Å². The van der Waals surface area contributed by atoms with Gasteiger partial charge in [0.2, 0.25) is 0 Å². The lowest BCUT2D eigenvalue weighted by atomic mass is 10.3. The van der Waals surface area contributed by atoms with Gasteiger partial charge < -0.3 is 14.2 Å². The molecule has 3 rings (SSSR count). The van der Waals surface area contributed by atoms with E-state index in [4.69, 9.17) is 14.2 Å². The molecule has 3 aromatic carbocycles. The highest BCUT2D eigenvalue weighted by Gasteiger charge is 2.41. The number of hydrogen-bond acceptors (Lipinski definition) is 3. The van der Waals surface area contributed by atoms with Crippen molar-refractivity contribution in [1.82, 2.24) is 0 Å². The van der Waals surface area contributed by atoms with Crippen LogP contribution >= 0.6 is 0 Å². The van der Waals surface area contributed by atoms with E-state index >= 15 is 0 Å². The first-order valence-electron chi connectivity index (χ1n) is 8.26. The molecule has 0 heterocycles. The number of hydrogen-bond donors (Lipinski definition) is 0. The van der Waals surface area contributed by atoms with E-state index in [0.717, 1.165) is 32.8 Å². The van der Waals surface area contributed by atoms with Crippen LogP contribution in [0.3, 0.4) is 0 Å². The molecule has 4 nitrogen and oxygen atoms in total. The lowest BCUT2D eigenvalue weighted by Crippen LogP contribution is -2.66. The van der Waals surface area contributed by atoms with Crippen molar-refractivity contribution in [3.63, 3.8) is 0 Å². The third kappa shape index (κ3) is 3.31. The predicted molar refractivity (Wildman–Crippen MR) is 104 cm³/mol. The number of ether oxygens (including phenoxy) is 3. The maximum absolute atomic E-state index is 14.3. The van der Waals surface area contributed by atoms with Crippen LogP contribution in [-0.2, 0) is 4.80 Å². The molecule has 0 aliphatic rings. The Hall–Kier alpha value is -2.76. The summed E-state index contributed by atoms with van der Waals surface area (Å²) in [5.41, 5.74) is 0. The molecule has 133 valence electrons. The van der Waals surface area contributed by atoms with Crippen molar-refractivity contribution in [2.45, 2.75) is 0 Å². The van der Waals surface area contributed by atoms with E-state index < -0.39 is 8.32 Å². The van der Waals surface area contributed by atoms with Gasteiger partial charge in [-0.05, 0) is 52.0 Å². The topological polar surface area (TPSA) is 47.6 Å². The molecule has 0 amide bonds. The quantitative estimate of drug-likeness (QED) is 0.497. The van der Waals surface area contributed by atoms with Crippen LogP contribution in [0, 0.1) is 0 Å². The summed E-state index contributed by atoms with van der Waals surface area (Å²) >= 11 is 0. The predicted octanol–water partition coefficient (Wildman–Crippen LogP) is 2.11. The highest BCUT2D eigenvalue weighted by atomic mass is 28.4. The number of rotatable bonds is 6. The molecule has 0 unspecified atom stereocenters. The van der Waals surface area contributed by atoms with Gasteiger partial charge in [0.1, 0.15) is 17.2 Å². The van der Waals surface area contributed by atoms with Crippen LogP contribution in [0.5, 0.6) is 17.2 Å². The average molecular weight is 365 g/mol. The smallest absolute Gasteiger partial charge is 0.329 e. The highest BCUT2D eigenvalue weighted by Crippen LogP contribution is 2.15. The van der Waals surface area contributed by atoms with E-state index in [1.807, 2.05) is 72.8 Å². The van der Waals surface area contributed by atoms with Gasteiger partial charge in [-0.1, -0.05) is 36.4 Å². The summed E-state index contributed by atoms with van der Waals surface area (Å²) in [6, 6.07) is 22.2. The van der Waals surface area contributed by atoms with Crippen LogP contribution in [0.2, 0.25) is 0 Å². The lowest BCUT2D eigenvalue weighted by Gasteiger charge is -2.25. The van der Waals surface area contributed by atoms with Crippen LogP contribution in [0.15, 0.2) is 72.8 Å². The molecule has 0 N–H and O–H groups in total. The van der Waals surface area contributed by atoms with Gasteiger partial charge in [0, 0.05) is 0 Å². The summed E-state index contributed by atoms with van der Waals surface area (Å²) in [5, 5.41) is 2.32. The Bertz CT molecular complexity index is 727. The van der Waals surface area contributed by atoms with Gasteiger partial charge in [-0.15, -0.1) is 0 Å². The highest BCUT2D eigenvalue weighted by molar-refractivity contribution is 7.05. The fourth-order valence-corrected chi connectivity index (χ4v) is 5.89. The monoisotopic (exact) mass is 365 g/mol. The van der Waals surface area contributed by atoms with Crippen LogP contribution in [0.4, 0.5) is 0 Å². The van der Waals surface area contributed by atoms with E-state index in [1.54, 1.807) is 21.3 Å². The summed E-state index contributed by atoms with van der Waals surface area (Å²) < 4.78 is 15.7. The SMILES string of the molecule is COc1ccc([Si]([O])(c2ccc(OC)cc2)c2ccc(OC)cc2)cc1. The lowest BCUT2D eigenvalue weighted by molar-refractivity contribution is 0.414. The van der Waals surface area contributed by atoms with Gasteiger partial charge in [0.25, 0.3) is 0 Å². The molecule has 0 saturated heterocycles. The van der Waals surface area contributed by atoms with E-state index in [2.05, 4.69) is 0 Å². The van der Waals surface area contributed by atoms with Gasteiger partial charge in [-0.2, -0.15) is 0 Å². The van der Waals surface area contributed by atoms with Crippen molar-refractivity contribution >= 4 is 23.9 Å². The molecule has 1 radical (unpaired) electrons. The average Bonchev–Trinajstić information content (AvgIpc) is 2.73. The van der Waals surface area contributed by atoms with Crippen LogP contribution in [0.25, 0.3) is 0 Å². The van der Waals surface area contributed by atoms with Crippen molar-refractivity contribution < 1.29 is 19.0 Å². The van der Waals surface area contributed by atoms with Crippen LogP contribution < -0.4 is 29.8 Å². The Balaban J connectivity index is 2.15. The fraction of sp³-hybridized carbons (Fsp3) is 0.143. The zero-order valence-corrected chi connectivity index (χ0v) is 16.1. The van der Waals surface area contributed by atoms with E-state index in [-0.39, 0.29) is 0 Å². The molecule has 0 saturated carbocycles. The molecule has 0 fully saturated rings. The van der Waals surface area contributed by atoms with Crippen molar-refractivity contribution in [2.75, 3.05) is 21.3 Å². The summed E-state index contributed by atoms with van der Waals surface area (Å²) in [6.07, 6.45) is 0. The van der Waals surface area contributed by atoms with Gasteiger partial charge in [-0.3, -0.25) is 4.80 Å². The minimum absolute atomic E-state index is 0.731. The number of methoxy groups -OCH3 is 3. The molecular weight excluding hydrogens is 344 g/mol. The molecule has 5 heteroatoms. The first-order chi connectivity index (χ1) is 12.6. The Morgan fingerprint density at radius 1 is 0.500 bits per heavy atom. The van der Waals surface area contributed by atoms with Gasteiger partial charge >= 0.3 is 8.32 Å². The summed E-state index contributed by atoms with van der Waals surface area (Å²) in [5.74, 6) is 2.19. The van der Waals surface area contributed by atoms with Crippen molar-refractivity contribution in [2.24, 2.45) is 0 Å². The Kier molecular flexibility index (Phi) is 5.30. The Labute approximate surface area is 154 Å². The number of benzene rings is 3. The molecule has 0 atom stereocenters. The molecule has 0 bridgehead atoms. The molecule has 0 aromatic heterocycles. The van der Waals surface area contributed by atoms with E-state index in [0.29, 0.717) is 0 Å². The molecule has 3 aromatic rings. The van der Waals surface area contributed by atoms with Crippen molar-refractivity contribution in [1.29, 1.82) is 0 Å². The molecule has 0 aliphatic carbocycles. The van der Waals surface area contributed by atoms with E-state index in [9.17, 15) is 4.80 Å². The Morgan fingerprint density at radius 3 is 0.923 bits per heavy atom. The van der Waals surface area contributed by atoms with Crippen LogP contribution in [-0.4, -0.2) is 29.6 Å². The van der Waals surface area contributed by atoms with Crippen molar-refractivity contribution in [3.05, 3.63) is 72.8 Å². The zero-order valence-electron chi connectivity index (χ0n) is 15.1. The second-order valence-electron chi connectivity index (χ2n) is 5.87. The minimum Gasteiger partial charge on any atom is -0.497 e. The second kappa shape index (κ2) is 7.64. The normalized spacial score (nSPS) is 11.1. The largest absolute Gasteiger partial charge is 0.497 e. The first-order valence-corrected chi connectivity index (χ1v) is 10.2. The molecule has 26 heavy (non-hydrogen) atoms. The zero-order chi connectivity index (χ0) is 18.6. The minimum atomic E-state index is -3.40. The van der Waals surface area contributed by atoms with Gasteiger partial charge in [0.05, 0.1) is 21.3 Å².